The summed E-state index contributed by atoms with van der Waals surface area (Å²) in [7, 11) is 0. The van der Waals surface area contributed by atoms with Gasteiger partial charge in [-0.15, -0.1) is 0 Å². The highest BCUT2D eigenvalue weighted by molar-refractivity contribution is 7.16. The molecule has 0 fully saturated rings. The number of aromatic amines is 1. The molecule has 9 nitrogen and oxygen atoms in total. The number of Topliss-reactive ketones (excluding diaryl/α,β-unsaturated/α-hetero) is 2. The number of nitrogens with one attached hydrogen (secondary N) is 3. The van der Waals surface area contributed by atoms with Crippen LogP contribution >= 0.6 is 11.3 Å². The maximum atomic E-state index is 13.0. The third-order valence-corrected chi connectivity index (χ3v) is 7.65. The molecule has 0 aliphatic heterocycles. The van der Waals surface area contributed by atoms with Crippen molar-refractivity contribution in [2.75, 3.05) is 39.3 Å². The van der Waals surface area contributed by atoms with Gasteiger partial charge in [0.05, 0.1) is 4.70 Å². The number of alkyl halides is 6. The summed E-state index contributed by atoms with van der Waals surface area (Å²) in [6.45, 7) is 12.9. The maximum Gasteiger partial charge on any atom is 0.458 e. The van der Waals surface area contributed by atoms with E-state index in [0.717, 1.165) is 47.5 Å². The molecule has 266 valence electrons. The lowest BCUT2D eigenvalue weighted by atomic mass is 9.96. The van der Waals surface area contributed by atoms with E-state index in [1.54, 1.807) is 6.07 Å². The molecule has 0 aliphatic rings. The van der Waals surface area contributed by atoms with Gasteiger partial charge >= 0.3 is 28.8 Å². The SMILES string of the molecule is Cc1cccc(CCNCCC(=O)N(CCNCCc2ccc(O)c3[nH]c(=O)sc23)CC(C)(C)C)c1.O=C(C(=O)C(F)(F)F)C(F)(F)F. The zero-order valence-corrected chi connectivity index (χ0v) is 27.8. The fourth-order valence-corrected chi connectivity index (χ4v) is 5.43. The third-order valence-electron chi connectivity index (χ3n) is 6.70. The zero-order valence-electron chi connectivity index (χ0n) is 27.0. The molecule has 0 spiro atoms. The Bertz CT molecular complexity index is 1570. The van der Waals surface area contributed by atoms with Crippen LogP contribution in [0, 0.1) is 12.3 Å². The van der Waals surface area contributed by atoms with Crippen molar-refractivity contribution in [1.29, 1.82) is 0 Å². The van der Waals surface area contributed by atoms with Crippen LogP contribution in [-0.2, 0) is 27.2 Å². The minimum absolute atomic E-state index is 0.0254. The van der Waals surface area contributed by atoms with E-state index < -0.39 is 23.9 Å². The van der Waals surface area contributed by atoms with Crippen LogP contribution in [-0.4, -0.2) is 84.1 Å². The molecule has 1 amide bonds. The van der Waals surface area contributed by atoms with Crippen LogP contribution in [0.1, 0.15) is 43.9 Å². The molecule has 3 rings (SSSR count). The Balaban J connectivity index is 0.000000567. The Morgan fingerprint density at radius 1 is 0.875 bits per heavy atom. The van der Waals surface area contributed by atoms with Crippen LogP contribution in [0.3, 0.4) is 0 Å². The Hall–Kier alpha value is -3.76. The molecule has 0 atom stereocenters. The number of aromatic hydroxyl groups is 1. The van der Waals surface area contributed by atoms with Gasteiger partial charge < -0.3 is 25.6 Å². The van der Waals surface area contributed by atoms with E-state index in [0.29, 0.717) is 38.1 Å². The Labute approximate surface area is 277 Å². The van der Waals surface area contributed by atoms with E-state index in [4.69, 9.17) is 0 Å². The second-order valence-electron chi connectivity index (χ2n) is 12.2. The average molecular weight is 707 g/mol. The minimum atomic E-state index is -5.77. The monoisotopic (exact) mass is 706 g/mol. The number of hydrogen-bond acceptors (Lipinski definition) is 8. The van der Waals surface area contributed by atoms with Crippen LogP contribution in [0.4, 0.5) is 26.3 Å². The van der Waals surface area contributed by atoms with Gasteiger partial charge in [0.15, 0.2) is 0 Å². The molecule has 16 heteroatoms. The van der Waals surface area contributed by atoms with E-state index in [1.807, 2.05) is 11.0 Å². The fraction of sp³-hybridized carbons (Fsp3) is 0.500. The van der Waals surface area contributed by atoms with E-state index in [9.17, 15) is 50.6 Å². The smallest absolute Gasteiger partial charge is 0.458 e. The molecular formula is C32H40F6N4O5S. The minimum Gasteiger partial charge on any atom is -0.506 e. The predicted molar refractivity (Wildman–Crippen MR) is 171 cm³/mol. The van der Waals surface area contributed by atoms with Crippen molar-refractivity contribution in [2.24, 2.45) is 5.41 Å². The van der Waals surface area contributed by atoms with E-state index in [2.05, 4.69) is 67.6 Å². The number of carbonyl (C=O) groups is 3. The summed E-state index contributed by atoms with van der Waals surface area (Å²) in [5.41, 5.74) is 4.15. The summed E-state index contributed by atoms with van der Waals surface area (Å²) in [6.07, 6.45) is -9.36. The molecule has 48 heavy (non-hydrogen) atoms. The standard InChI is InChI=1S/C28H40N4O3S.C4F6O2/c1-20-6-5-7-21(18-20)10-13-29-15-12-24(34)32(19-28(2,3)4)17-16-30-14-11-22-8-9-23(33)25-26(22)36-27(35)31-25;5-3(6,7)1(11)2(12)4(8,9)10/h5-9,18,29-30,33H,10-17,19H2,1-4H3,(H,31,35);. The summed E-state index contributed by atoms with van der Waals surface area (Å²) < 4.78 is 67.8. The number of thiazole rings is 1. The number of H-pyrrole nitrogens is 1. The Morgan fingerprint density at radius 2 is 1.48 bits per heavy atom. The summed E-state index contributed by atoms with van der Waals surface area (Å²) in [4.78, 5) is 48.4. The summed E-state index contributed by atoms with van der Waals surface area (Å²) in [6, 6.07) is 12.0. The molecule has 2 aromatic carbocycles. The largest absolute Gasteiger partial charge is 0.506 e. The van der Waals surface area contributed by atoms with Crippen molar-refractivity contribution < 1.29 is 45.8 Å². The first-order valence-corrected chi connectivity index (χ1v) is 15.8. The van der Waals surface area contributed by atoms with Crippen LogP contribution in [0.5, 0.6) is 5.75 Å². The van der Waals surface area contributed by atoms with E-state index in [1.165, 1.54) is 11.1 Å². The van der Waals surface area contributed by atoms with Crippen LogP contribution < -0.4 is 15.5 Å². The van der Waals surface area contributed by atoms with E-state index >= 15 is 0 Å². The molecule has 1 heterocycles. The van der Waals surface area contributed by atoms with Crippen molar-refractivity contribution in [3.05, 3.63) is 62.8 Å². The number of phenolic OH excluding ortho intramolecular Hbond substituents is 1. The number of benzene rings is 2. The number of nitrogens with zero attached hydrogens (tertiary/aromatic N) is 1. The van der Waals surface area contributed by atoms with Gasteiger partial charge in [0, 0.05) is 32.6 Å². The molecule has 0 radical (unpaired) electrons. The quantitative estimate of drug-likeness (QED) is 0.105. The van der Waals surface area contributed by atoms with Crippen molar-refractivity contribution in [2.45, 2.75) is 59.3 Å². The number of hydrogen-bond donors (Lipinski definition) is 4. The molecule has 4 N–H and O–H groups in total. The molecule has 3 aromatic rings. The highest BCUT2D eigenvalue weighted by atomic mass is 32.1. The number of ketones is 2. The van der Waals surface area contributed by atoms with Gasteiger partial charge in [-0.2, -0.15) is 26.3 Å². The second kappa shape index (κ2) is 17.6. The number of amides is 1. The topological polar surface area (TPSA) is 132 Å². The molecule has 0 saturated heterocycles. The number of fused-ring (bicyclic) bond motifs is 1. The number of phenols is 1. The lowest BCUT2D eigenvalue weighted by Gasteiger charge is -2.30. The lowest BCUT2D eigenvalue weighted by molar-refractivity contribution is -0.193. The van der Waals surface area contributed by atoms with Crippen molar-refractivity contribution >= 4 is 39.0 Å². The Morgan fingerprint density at radius 3 is 2.06 bits per heavy atom. The molecular weight excluding hydrogens is 666 g/mol. The first-order valence-electron chi connectivity index (χ1n) is 15.0. The number of halogens is 6. The zero-order chi connectivity index (χ0) is 36.3. The number of rotatable bonds is 14. The predicted octanol–water partition coefficient (Wildman–Crippen LogP) is 5.08. The second-order valence-corrected chi connectivity index (χ2v) is 13.2. The normalized spacial score (nSPS) is 12.0. The van der Waals surface area contributed by atoms with Crippen LogP contribution in [0.25, 0.3) is 10.2 Å². The number of aryl methyl sites for hydroxylation is 1. The van der Waals surface area contributed by atoms with Crippen LogP contribution in [0.15, 0.2) is 41.2 Å². The fourth-order valence-electron chi connectivity index (χ4n) is 4.53. The first-order chi connectivity index (χ1) is 22.2. The van der Waals surface area contributed by atoms with Crippen molar-refractivity contribution in [3.8, 4) is 5.75 Å². The van der Waals surface area contributed by atoms with Gasteiger partial charge in [0.1, 0.15) is 11.3 Å². The van der Waals surface area contributed by atoms with Gasteiger partial charge in [-0.25, -0.2) is 0 Å². The maximum absolute atomic E-state index is 13.0. The first kappa shape index (κ1) is 40.4. The third kappa shape index (κ3) is 13.8. The molecule has 0 bridgehead atoms. The van der Waals surface area contributed by atoms with E-state index in [-0.39, 0.29) is 21.9 Å². The van der Waals surface area contributed by atoms with Gasteiger partial charge in [-0.05, 0) is 55.5 Å². The van der Waals surface area contributed by atoms with Crippen molar-refractivity contribution in [1.82, 2.24) is 20.5 Å². The van der Waals surface area contributed by atoms with Gasteiger partial charge in [0.25, 0.3) is 0 Å². The molecule has 1 aromatic heterocycles. The van der Waals surface area contributed by atoms with Crippen LogP contribution in [0.2, 0.25) is 0 Å². The summed E-state index contributed by atoms with van der Waals surface area (Å²) in [5, 5.41) is 16.8. The molecule has 0 aliphatic carbocycles. The van der Waals surface area contributed by atoms with Crippen molar-refractivity contribution in [3.63, 3.8) is 0 Å². The van der Waals surface area contributed by atoms with Gasteiger partial charge in [0.2, 0.25) is 5.91 Å². The van der Waals surface area contributed by atoms with Gasteiger partial charge in [-0.1, -0.05) is 68.0 Å². The Kier molecular flexibility index (Phi) is 14.8. The lowest BCUT2D eigenvalue weighted by Crippen LogP contribution is -2.42. The highest BCUT2D eigenvalue weighted by Crippen LogP contribution is 2.28. The number of carbonyl (C=O) groups excluding carboxylic acids is 3. The highest BCUT2D eigenvalue weighted by Gasteiger charge is 2.54. The number of aromatic nitrogens is 1. The average Bonchev–Trinajstić information content (AvgIpc) is 3.37. The summed E-state index contributed by atoms with van der Waals surface area (Å²) in [5.74, 6) is -6.54. The van der Waals surface area contributed by atoms with Gasteiger partial charge in [-0.3, -0.25) is 19.2 Å². The molecule has 0 unspecified atom stereocenters. The summed E-state index contributed by atoms with van der Waals surface area (Å²) >= 11 is 1.12. The molecule has 0 saturated carbocycles.